The third-order valence-corrected chi connectivity index (χ3v) is 4.13. The van der Waals surface area contributed by atoms with Gasteiger partial charge in [0.05, 0.1) is 25.7 Å². The van der Waals surface area contributed by atoms with E-state index in [4.69, 9.17) is 9.47 Å². The molecule has 0 unspecified atom stereocenters. The van der Waals surface area contributed by atoms with Gasteiger partial charge in [-0.1, -0.05) is 42.5 Å². The highest BCUT2D eigenvalue weighted by Gasteiger charge is 2.08. The van der Waals surface area contributed by atoms with E-state index in [1.165, 1.54) is 0 Å². The second-order valence-electron chi connectivity index (χ2n) is 4.94. The number of methoxy groups -OCH3 is 2. The normalized spacial score (nSPS) is 10.6. The lowest BCUT2D eigenvalue weighted by atomic mass is 10.2. The molecule has 5 heteroatoms. The molecule has 0 spiro atoms. The van der Waals surface area contributed by atoms with Crippen LogP contribution in [0.3, 0.4) is 0 Å². The van der Waals surface area contributed by atoms with Crippen molar-refractivity contribution in [2.45, 2.75) is 0 Å². The van der Waals surface area contributed by atoms with Crippen molar-refractivity contribution >= 4 is 29.4 Å². The first kappa shape index (κ1) is 17.9. The molecule has 0 aliphatic carbocycles. The van der Waals surface area contributed by atoms with Crippen molar-refractivity contribution in [2.75, 3.05) is 31.0 Å². The molecule has 0 heterocycles. The maximum atomic E-state index is 12.1. The molecule has 24 heavy (non-hydrogen) atoms. The van der Waals surface area contributed by atoms with E-state index in [1.807, 2.05) is 30.3 Å². The van der Waals surface area contributed by atoms with Gasteiger partial charge in [0.2, 0.25) is 5.91 Å². The summed E-state index contributed by atoms with van der Waals surface area (Å²) in [5.74, 6) is 2.36. The topological polar surface area (TPSA) is 47.6 Å². The number of thioether (sulfide) groups is 1. The molecule has 0 radical (unpaired) electrons. The zero-order chi connectivity index (χ0) is 17.2. The summed E-state index contributed by atoms with van der Waals surface area (Å²) >= 11 is 1.55. The average molecular weight is 343 g/mol. The molecule has 0 atom stereocenters. The van der Waals surface area contributed by atoms with Crippen LogP contribution in [0.15, 0.2) is 54.6 Å². The van der Waals surface area contributed by atoms with Gasteiger partial charge in [-0.05, 0) is 17.7 Å². The summed E-state index contributed by atoms with van der Waals surface area (Å²) in [4.78, 5) is 12.1. The summed E-state index contributed by atoms with van der Waals surface area (Å²) in [5.41, 5.74) is 1.77. The molecule has 4 nitrogen and oxygen atoms in total. The van der Waals surface area contributed by atoms with Gasteiger partial charge in [0.15, 0.2) is 0 Å². The summed E-state index contributed by atoms with van der Waals surface area (Å²) < 4.78 is 10.4. The largest absolute Gasteiger partial charge is 0.497 e. The van der Waals surface area contributed by atoms with E-state index >= 15 is 0 Å². The number of benzene rings is 2. The highest BCUT2D eigenvalue weighted by atomic mass is 32.2. The van der Waals surface area contributed by atoms with Gasteiger partial charge in [0.25, 0.3) is 0 Å². The summed E-state index contributed by atoms with van der Waals surface area (Å²) in [6, 6.07) is 15.4. The Morgan fingerprint density at radius 2 is 1.92 bits per heavy atom. The van der Waals surface area contributed by atoms with E-state index in [0.717, 1.165) is 11.3 Å². The van der Waals surface area contributed by atoms with Crippen LogP contribution in [-0.4, -0.2) is 31.6 Å². The number of ether oxygens (including phenoxy) is 2. The zero-order valence-corrected chi connectivity index (χ0v) is 14.6. The first-order chi connectivity index (χ1) is 11.7. The van der Waals surface area contributed by atoms with Crippen molar-refractivity contribution in [2.24, 2.45) is 0 Å². The Bertz CT molecular complexity index is 686. The van der Waals surface area contributed by atoms with Gasteiger partial charge in [0.1, 0.15) is 11.5 Å². The minimum Gasteiger partial charge on any atom is -0.497 e. The first-order valence-corrected chi connectivity index (χ1v) is 8.69. The molecule has 0 bridgehead atoms. The number of carbonyl (C=O) groups is 1. The lowest BCUT2D eigenvalue weighted by Crippen LogP contribution is -2.15. The molecule has 0 saturated carbocycles. The molecule has 0 saturated heterocycles. The maximum Gasteiger partial charge on any atom is 0.234 e. The minimum atomic E-state index is -0.0698. The molecule has 0 aliphatic heterocycles. The van der Waals surface area contributed by atoms with Gasteiger partial charge >= 0.3 is 0 Å². The fourth-order valence-corrected chi connectivity index (χ4v) is 2.67. The molecule has 2 rings (SSSR count). The van der Waals surface area contributed by atoms with Crippen LogP contribution >= 0.6 is 11.8 Å². The summed E-state index contributed by atoms with van der Waals surface area (Å²) in [7, 11) is 3.16. The van der Waals surface area contributed by atoms with Gasteiger partial charge in [-0.15, -0.1) is 11.8 Å². The highest BCUT2D eigenvalue weighted by molar-refractivity contribution is 8.00. The van der Waals surface area contributed by atoms with E-state index < -0.39 is 0 Å². The van der Waals surface area contributed by atoms with Crippen LogP contribution in [0.2, 0.25) is 0 Å². The number of hydrogen-bond acceptors (Lipinski definition) is 4. The van der Waals surface area contributed by atoms with E-state index in [9.17, 15) is 4.79 Å². The number of amides is 1. The quantitative estimate of drug-likeness (QED) is 0.734. The lowest BCUT2D eigenvalue weighted by Gasteiger charge is -2.11. The Hall–Kier alpha value is -2.40. The molecule has 1 N–H and O–H groups in total. The molecular formula is C19H21NO3S. The van der Waals surface area contributed by atoms with Gasteiger partial charge in [-0.3, -0.25) is 4.79 Å². The van der Waals surface area contributed by atoms with Crippen molar-refractivity contribution in [3.05, 3.63) is 60.2 Å². The molecule has 1 amide bonds. The second kappa shape index (κ2) is 9.67. The van der Waals surface area contributed by atoms with Crippen LogP contribution in [0.5, 0.6) is 11.5 Å². The molecule has 0 aromatic heterocycles. The number of hydrogen-bond donors (Lipinski definition) is 1. The Morgan fingerprint density at radius 1 is 1.12 bits per heavy atom. The van der Waals surface area contributed by atoms with Crippen molar-refractivity contribution in [1.29, 1.82) is 0 Å². The Labute approximate surface area is 146 Å². The molecule has 126 valence electrons. The number of rotatable bonds is 8. The van der Waals surface area contributed by atoms with Crippen molar-refractivity contribution < 1.29 is 14.3 Å². The predicted octanol–water partition coefficient (Wildman–Crippen LogP) is 4.09. The Kier molecular flexibility index (Phi) is 7.23. The summed E-state index contributed by atoms with van der Waals surface area (Å²) in [6.45, 7) is 0. The monoisotopic (exact) mass is 343 g/mol. The lowest BCUT2D eigenvalue weighted by molar-refractivity contribution is -0.113. The predicted molar refractivity (Wildman–Crippen MR) is 101 cm³/mol. The third-order valence-electron chi connectivity index (χ3n) is 3.24. The Balaban J connectivity index is 1.80. The van der Waals surface area contributed by atoms with Crippen LogP contribution in [-0.2, 0) is 4.79 Å². The third kappa shape index (κ3) is 5.66. The van der Waals surface area contributed by atoms with E-state index in [0.29, 0.717) is 22.9 Å². The summed E-state index contributed by atoms with van der Waals surface area (Å²) in [5, 5.41) is 2.86. The van der Waals surface area contributed by atoms with Crippen LogP contribution in [0.1, 0.15) is 5.56 Å². The van der Waals surface area contributed by atoms with Gasteiger partial charge in [0, 0.05) is 11.8 Å². The average Bonchev–Trinajstić information content (AvgIpc) is 2.62. The van der Waals surface area contributed by atoms with Gasteiger partial charge < -0.3 is 14.8 Å². The smallest absolute Gasteiger partial charge is 0.234 e. The Morgan fingerprint density at radius 3 is 2.62 bits per heavy atom. The molecular weight excluding hydrogens is 322 g/mol. The van der Waals surface area contributed by atoms with Crippen LogP contribution < -0.4 is 14.8 Å². The minimum absolute atomic E-state index is 0.0698. The number of carbonyl (C=O) groups excluding carboxylic acids is 1. The van der Waals surface area contributed by atoms with E-state index in [1.54, 1.807) is 44.2 Å². The molecule has 0 aliphatic rings. The number of anilines is 1. The van der Waals surface area contributed by atoms with Gasteiger partial charge in [-0.2, -0.15) is 0 Å². The molecule has 2 aromatic rings. The standard InChI is InChI=1S/C19H21NO3S/c1-22-16-10-11-18(23-2)17(13-16)20-19(21)14-24-12-6-9-15-7-4-3-5-8-15/h3-11,13H,12,14H2,1-2H3,(H,20,21)/b9-6+. The van der Waals surface area contributed by atoms with Crippen molar-refractivity contribution in [3.8, 4) is 11.5 Å². The second-order valence-corrected chi connectivity index (χ2v) is 5.97. The fraction of sp³-hybridized carbons (Fsp3) is 0.211. The van der Waals surface area contributed by atoms with Crippen LogP contribution in [0.25, 0.3) is 6.08 Å². The molecule has 0 fully saturated rings. The maximum absolute atomic E-state index is 12.1. The van der Waals surface area contributed by atoms with E-state index in [2.05, 4.69) is 17.5 Å². The SMILES string of the molecule is COc1ccc(OC)c(NC(=O)CSC/C=C/c2ccccc2)c1. The van der Waals surface area contributed by atoms with Crippen molar-refractivity contribution in [3.63, 3.8) is 0 Å². The summed E-state index contributed by atoms with van der Waals surface area (Å²) in [6.07, 6.45) is 4.11. The fourth-order valence-electron chi connectivity index (χ4n) is 2.07. The van der Waals surface area contributed by atoms with E-state index in [-0.39, 0.29) is 5.91 Å². The highest BCUT2D eigenvalue weighted by Crippen LogP contribution is 2.28. The zero-order valence-electron chi connectivity index (χ0n) is 13.8. The van der Waals surface area contributed by atoms with Gasteiger partial charge in [-0.25, -0.2) is 0 Å². The van der Waals surface area contributed by atoms with Crippen LogP contribution in [0, 0.1) is 0 Å². The van der Waals surface area contributed by atoms with Crippen molar-refractivity contribution in [1.82, 2.24) is 0 Å². The van der Waals surface area contributed by atoms with Crippen LogP contribution in [0.4, 0.5) is 5.69 Å². The number of nitrogens with one attached hydrogen (secondary N) is 1. The molecule has 2 aromatic carbocycles. The first-order valence-electron chi connectivity index (χ1n) is 7.54.